The van der Waals surface area contributed by atoms with Gasteiger partial charge in [0.15, 0.2) is 0 Å². The van der Waals surface area contributed by atoms with Gasteiger partial charge < -0.3 is 21.7 Å². The predicted octanol–water partition coefficient (Wildman–Crippen LogP) is 2.90. The Balaban J connectivity index is 2.31. The van der Waals surface area contributed by atoms with Crippen molar-refractivity contribution in [2.24, 2.45) is 0 Å². The molecule has 0 saturated heterocycles. The number of carbonyl (C=O) groups excluding carboxylic acids is 2. The predicted molar refractivity (Wildman–Crippen MR) is 101 cm³/mol. The minimum atomic E-state index is -0.191. The number of carbonyl (C=O) groups is 2. The molecule has 6 heteroatoms. The van der Waals surface area contributed by atoms with Crippen LogP contribution in [0.4, 0.5) is 17.1 Å². The normalized spacial score (nSPS) is 10.4. The maximum atomic E-state index is 12.4. The summed E-state index contributed by atoms with van der Waals surface area (Å²) in [6.45, 7) is 6.20. The second-order valence-corrected chi connectivity index (χ2v) is 6.00. The third kappa shape index (κ3) is 4.97. The molecule has 0 aliphatic carbocycles. The molecular formula is C19H24N4O2. The summed E-state index contributed by atoms with van der Waals surface area (Å²) in [5.41, 5.74) is 8.66. The highest BCUT2D eigenvalue weighted by molar-refractivity contribution is 6.01. The molecule has 0 unspecified atom stereocenters. The second-order valence-electron chi connectivity index (χ2n) is 6.00. The Bertz CT molecular complexity index is 772. The standard InChI is InChI=1S/C19H24N4O2/c1-4-21-18(24)13-9-14(20)11-15(10-13)23-17-8-6-5-7-16(17)19(25)22-12(2)3/h5-12,23H,4,20H2,1-3H3,(H,21,24)(H,22,25). The van der Waals surface area contributed by atoms with Crippen LogP contribution in [0, 0.1) is 0 Å². The molecule has 0 aromatic heterocycles. The summed E-state index contributed by atoms with van der Waals surface area (Å²) < 4.78 is 0. The zero-order valence-corrected chi connectivity index (χ0v) is 14.7. The summed E-state index contributed by atoms with van der Waals surface area (Å²) in [4.78, 5) is 24.4. The van der Waals surface area contributed by atoms with Gasteiger partial charge in [-0.3, -0.25) is 9.59 Å². The van der Waals surface area contributed by atoms with E-state index in [4.69, 9.17) is 5.73 Å². The summed E-state index contributed by atoms with van der Waals surface area (Å²) >= 11 is 0. The van der Waals surface area contributed by atoms with Gasteiger partial charge >= 0.3 is 0 Å². The monoisotopic (exact) mass is 340 g/mol. The molecular weight excluding hydrogens is 316 g/mol. The molecule has 0 radical (unpaired) electrons. The fraction of sp³-hybridized carbons (Fsp3) is 0.263. The van der Waals surface area contributed by atoms with Crippen LogP contribution in [0.5, 0.6) is 0 Å². The number of hydrogen-bond acceptors (Lipinski definition) is 4. The number of para-hydroxylation sites is 1. The molecule has 6 nitrogen and oxygen atoms in total. The lowest BCUT2D eigenvalue weighted by molar-refractivity contribution is 0.0939. The van der Waals surface area contributed by atoms with Crippen molar-refractivity contribution in [2.45, 2.75) is 26.8 Å². The van der Waals surface area contributed by atoms with E-state index in [0.717, 1.165) is 0 Å². The molecule has 0 atom stereocenters. The molecule has 0 bridgehead atoms. The number of anilines is 3. The average Bonchev–Trinajstić information content (AvgIpc) is 2.54. The summed E-state index contributed by atoms with van der Waals surface area (Å²) in [6, 6.07) is 12.3. The number of hydrogen-bond donors (Lipinski definition) is 4. The van der Waals surface area contributed by atoms with Crippen molar-refractivity contribution in [3.63, 3.8) is 0 Å². The highest BCUT2D eigenvalue weighted by Gasteiger charge is 2.13. The molecule has 2 rings (SSSR count). The zero-order valence-electron chi connectivity index (χ0n) is 14.7. The van der Waals surface area contributed by atoms with Crippen molar-refractivity contribution >= 4 is 28.9 Å². The molecule has 0 fully saturated rings. The zero-order chi connectivity index (χ0) is 18.4. The van der Waals surface area contributed by atoms with Gasteiger partial charge in [-0.05, 0) is 51.1 Å². The van der Waals surface area contributed by atoms with Crippen LogP contribution in [-0.4, -0.2) is 24.4 Å². The number of amides is 2. The van der Waals surface area contributed by atoms with Crippen LogP contribution < -0.4 is 21.7 Å². The van der Waals surface area contributed by atoms with Crippen LogP contribution in [0.15, 0.2) is 42.5 Å². The van der Waals surface area contributed by atoms with E-state index in [1.165, 1.54) is 0 Å². The maximum Gasteiger partial charge on any atom is 0.253 e. The molecule has 25 heavy (non-hydrogen) atoms. The van der Waals surface area contributed by atoms with Gasteiger partial charge in [-0.1, -0.05) is 12.1 Å². The van der Waals surface area contributed by atoms with Gasteiger partial charge in [-0.15, -0.1) is 0 Å². The smallest absolute Gasteiger partial charge is 0.253 e. The topological polar surface area (TPSA) is 96.2 Å². The van der Waals surface area contributed by atoms with Crippen LogP contribution >= 0.6 is 0 Å². The van der Waals surface area contributed by atoms with E-state index in [-0.39, 0.29) is 17.9 Å². The van der Waals surface area contributed by atoms with Gasteiger partial charge in [-0.25, -0.2) is 0 Å². The number of nitrogens with one attached hydrogen (secondary N) is 3. The Morgan fingerprint density at radius 1 is 1.08 bits per heavy atom. The average molecular weight is 340 g/mol. The first-order valence-corrected chi connectivity index (χ1v) is 8.26. The number of nitrogen functional groups attached to an aromatic ring is 1. The summed E-state index contributed by atoms with van der Waals surface area (Å²) in [5, 5.41) is 8.80. The van der Waals surface area contributed by atoms with E-state index in [1.807, 2.05) is 32.9 Å². The van der Waals surface area contributed by atoms with E-state index in [2.05, 4.69) is 16.0 Å². The molecule has 0 saturated carbocycles. The summed E-state index contributed by atoms with van der Waals surface area (Å²) in [6.07, 6.45) is 0. The van der Waals surface area contributed by atoms with Gasteiger partial charge in [0.05, 0.1) is 11.3 Å². The minimum Gasteiger partial charge on any atom is -0.399 e. The Labute approximate surface area is 147 Å². The molecule has 2 amide bonds. The van der Waals surface area contributed by atoms with Crippen LogP contribution in [0.25, 0.3) is 0 Å². The fourth-order valence-electron chi connectivity index (χ4n) is 2.40. The van der Waals surface area contributed by atoms with Crippen LogP contribution in [0.1, 0.15) is 41.5 Å². The number of benzene rings is 2. The molecule has 132 valence electrons. The molecule has 0 aliphatic rings. The van der Waals surface area contributed by atoms with Gasteiger partial charge in [-0.2, -0.15) is 0 Å². The quantitative estimate of drug-likeness (QED) is 0.608. The lowest BCUT2D eigenvalue weighted by Gasteiger charge is -2.15. The Kier molecular flexibility index (Phi) is 6.00. The third-order valence-corrected chi connectivity index (χ3v) is 3.43. The van der Waals surface area contributed by atoms with Gasteiger partial charge in [0, 0.05) is 29.5 Å². The Morgan fingerprint density at radius 2 is 1.80 bits per heavy atom. The lowest BCUT2D eigenvalue weighted by Crippen LogP contribution is -2.30. The van der Waals surface area contributed by atoms with E-state index >= 15 is 0 Å². The van der Waals surface area contributed by atoms with E-state index in [0.29, 0.717) is 34.7 Å². The highest BCUT2D eigenvalue weighted by atomic mass is 16.2. The van der Waals surface area contributed by atoms with Crippen molar-refractivity contribution in [3.05, 3.63) is 53.6 Å². The first-order valence-electron chi connectivity index (χ1n) is 8.26. The molecule has 0 aliphatic heterocycles. The number of nitrogens with two attached hydrogens (primary N) is 1. The Morgan fingerprint density at radius 3 is 2.48 bits per heavy atom. The molecule has 5 N–H and O–H groups in total. The Hall–Kier alpha value is -3.02. The van der Waals surface area contributed by atoms with Crippen LogP contribution in [-0.2, 0) is 0 Å². The molecule has 0 spiro atoms. The van der Waals surface area contributed by atoms with E-state index in [9.17, 15) is 9.59 Å². The van der Waals surface area contributed by atoms with Crippen molar-refractivity contribution in [2.75, 3.05) is 17.6 Å². The van der Waals surface area contributed by atoms with Crippen molar-refractivity contribution in [1.29, 1.82) is 0 Å². The van der Waals surface area contributed by atoms with Crippen LogP contribution in [0.2, 0.25) is 0 Å². The SMILES string of the molecule is CCNC(=O)c1cc(N)cc(Nc2ccccc2C(=O)NC(C)C)c1. The molecule has 2 aromatic rings. The van der Waals surface area contributed by atoms with Crippen molar-refractivity contribution in [3.8, 4) is 0 Å². The lowest BCUT2D eigenvalue weighted by atomic mass is 10.1. The van der Waals surface area contributed by atoms with Crippen LogP contribution in [0.3, 0.4) is 0 Å². The fourth-order valence-corrected chi connectivity index (χ4v) is 2.40. The summed E-state index contributed by atoms with van der Waals surface area (Å²) in [7, 11) is 0. The van der Waals surface area contributed by atoms with Gasteiger partial charge in [0.1, 0.15) is 0 Å². The van der Waals surface area contributed by atoms with Gasteiger partial charge in [0.2, 0.25) is 0 Å². The van der Waals surface area contributed by atoms with Crippen molar-refractivity contribution < 1.29 is 9.59 Å². The highest BCUT2D eigenvalue weighted by Crippen LogP contribution is 2.24. The molecule has 2 aromatic carbocycles. The second kappa shape index (κ2) is 8.19. The third-order valence-electron chi connectivity index (χ3n) is 3.43. The first-order chi connectivity index (χ1) is 11.9. The van der Waals surface area contributed by atoms with E-state index < -0.39 is 0 Å². The first kappa shape index (κ1) is 18.3. The summed E-state index contributed by atoms with van der Waals surface area (Å²) in [5.74, 6) is -0.352. The van der Waals surface area contributed by atoms with Gasteiger partial charge in [0.25, 0.3) is 11.8 Å². The molecule has 0 heterocycles. The largest absolute Gasteiger partial charge is 0.399 e. The maximum absolute atomic E-state index is 12.4. The van der Waals surface area contributed by atoms with E-state index in [1.54, 1.807) is 30.3 Å². The minimum absolute atomic E-state index is 0.0391. The number of rotatable bonds is 6. The van der Waals surface area contributed by atoms with Crippen molar-refractivity contribution in [1.82, 2.24) is 10.6 Å².